The molecule has 0 atom stereocenters. The third-order valence-electron chi connectivity index (χ3n) is 5.85. The van der Waals surface area contributed by atoms with Crippen LogP contribution in [-0.4, -0.2) is 64.1 Å². The lowest BCUT2D eigenvalue weighted by Gasteiger charge is -2.34. The summed E-state index contributed by atoms with van der Waals surface area (Å²) in [6.07, 6.45) is 2.78. The summed E-state index contributed by atoms with van der Waals surface area (Å²) < 4.78 is 22.9. The van der Waals surface area contributed by atoms with Gasteiger partial charge in [-0.3, -0.25) is 9.59 Å². The Morgan fingerprint density at radius 1 is 1.22 bits per heavy atom. The second kappa shape index (κ2) is 9.06. The molecule has 5 rings (SSSR count). The Morgan fingerprint density at radius 3 is 2.69 bits per heavy atom. The number of aromatic nitrogens is 3. The molecule has 184 valence electrons. The molecule has 36 heavy (non-hydrogen) atoms. The molecule has 1 aliphatic rings. The maximum atomic E-state index is 12.7. The zero-order chi connectivity index (χ0) is 25.4. The number of ether oxygens (including phenoxy) is 1. The van der Waals surface area contributed by atoms with E-state index in [1.165, 1.54) is 31.1 Å². The summed E-state index contributed by atoms with van der Waals surface area (Å²) in [5.41, 5.74) is -0.341. The first kappa shape index (κ1) is 22.9. The Balaban J connectivity index is 1.22. The number of hydrogen-bond acceptors (Lipinski definition) is 11. The summed E-state index contributed by atoms with van der Waals surface area (Å²) in [5.74, 6) is -0.143. The van der Waals surface area contributed by atoms with Crippen molar-refractivity contribution in [3.05, 3.63) is 52.1 Å². The van der Waals surface area contributed by atoms with Crippen LogP contribution in [0.3, 0.4) is 0 Å². The standard InChI is InChI=1S/C23H20N6O7/c1-13-17(18-20(35-13)25-12-27(2)21(18)31)23(32)34-11-16(30)28-5-7-29(8-6-28)22-14(10-24)26-19(36-22)15-4-3-9-33-15/h3-4,9,12H,5-8,11H2,1-2H3. The van der Waals surface area contributed by atoms with Gasteiger partial charge in [0.05, 0.1) is 6.26 Å². The summed E-state index contributed by atoms with van der Waals surface area (Å²) in [4.78, 5) is 49.4. The van der Waals surface area contributed by atoms with E-state index in [4.69, 9.17) is 18.0 Å². The number of nitriles is 1. The molecule has 0 aromatic carbocycles. The molecule has 0 N–H and O–H groups in total. The lowest BCUT2D eigenvalue weighted by molar-refractivity contribution is -0.134. The number of piperazine rings is 1. The predicted octanol–water partition coefficient (Wildman–Crippen LogP) is 1.46. The van der Waals surface area contributed by atoms with Crippen molar-refractivity contribution in [1.29, 1.82) is 5.26 Å². The molecule has 13 nitrogen and oxygen atoms in total. The van der Waals surface area contributed by atoms with Crippen LogP contribution >= 0.6 is 0 Å². The number of rotatable bonds is 5. The Kier molecular flexibility index (Phi) is 5.77. The number of aryl methyl sites for hydroxylation is 2. The number of esters is 1. The van der Waals surface area contributed by atoms with Gasteiger partial charge in [0.2, 0.25) is 17.3 Å². The van der Waals surface area contributed by atoms with E-state index < -0.39 is 24.0 Å². The van der Waals surface area contributed by atoms with Crippen LogP contribution in [0.2, 0.25) is 0 Å². The second-order valence-corrected chi connectivity index (χ2v) is 8.08. The molecule has 4 aromatic rings. The number of nitrogens with zero attached hydrogens (tertiary/aromatic N) is 6. The fourth-order valence-electron chi connectivity index (χ4n) is 3.99. The van der Waals surface area contributed by atoms with E-state index >= 15 is 0 Å². The zero-order valence-electron chi connectivity index (χ0n) is 19.4. The molecule has 5 heterocycles. The van der Waals surface area contributed by atoms with E-state index in [-0.39, 0.29) is 34.0 Å². The van der Waals surface area contributed by atoms with E-state index in [0.717, 1.165) is 0 Å². The second-order valence-electron chi connectivity index (χ2n) is 8.08. The Labute approximate surface area is 203 Å². The minimum absolute atomic E-state index is 0.0119. The van der Waals surface area contributed by atoms with Gasteiger partial charge in [0.1, 0.15) is 29.1 Å². The molecular weight excluding hydrogens is 472 g/mol. The SMILES string of the molecule is Cc1oc2ncn(C)c(=O)c2c1C(=O)OCC(=O)N1CCN(c2oc(-c3ccco3)nc2C#N)CC1. The molecule has 0 saturated carbocycles. The Hall–Kier alpha value is -4.86. The third-order valence-corrected chi connectivity index (χ3v) is 5.85. The lowest BCUT2D eigenvalue weighted by Crippen LogP contribution is -2.50. The molecule has 1 aliphatic heterocycles. The molecule has 1 saturated heterocycles. The first-order valence-electron chi connectivity index (χ1n) is 11.0. The van der Waals surface area contributed by atoms with E-state index in [1.807, 2.05) is 11.0 Å². The van der Waals surface area contributed by atoms with Crippen LogP contribution < -0.4 is 10.5 Å². The van der Waals surface area contributed by atoms with Gasteiger partial charge in [-0.2, -0.15) is 10.2 Å². The van der Waals surface area contributed by atoms with Crippen LogP contribution in [0.4, 0.5) is 5.88 Å². The van der Waals surface area contributed by atoms with Crippen LogP contribution in [0.5, 0.6) is 0 Å². The minimum atomic E-state index is -0.839. The normalized spacial score (nSPS) is 13.7. The number of oxazole rings is 1. The van der Waals surface area contributed by atoms with Gasteiger partial charge < -0.3 is 32.4 Å². The van der Waals surface area contributed by atoms with Crippen LogP contribution in [0, 0.1) is 18.3 Å². The highest BCUT2D eigenvalue weighted by Gasteiger charge is 2.29. The average Bonchev–Trinajstić information content (AvgIpc) is 3.63. The third kappa shape index (κ3) is 3.98. The molecule has 0 radical (unpaired) electrons. The quantitative estimate of drug-likeness (QED) is 0.371. The van der Waals surface area contributed by atoms with E-state index in [9.17, 15) is 19.6 Å². The van der Waals surface area contributed by atoms with Crippen molar-refractivity contribution in [2.24, 2.45) is 7.05 Å². The smallest absolute Gasteiger partial charge is 0.343 e. The maximum absolute atomic E-state index is 12.7. The number of furan rings is 2. The van der Waals surface area contributed by atoms with Crippen molar-refractivity contribution in [3.8, 4) is 17.7 Å². The minimum Gasteiger partial charge on any atom is -0.459 e. The van der Waals surface area contributed by atoms with Crippen molar-refractivity contribution in [2.75, 3.05) is 37.7 Å². The van der Waals surface area contributed by atoms with Gasteiger partial charge >= 0.3 is 5.97 Å². The van der Waals surface area contributed by atoms with Crippen molar-refractivity contribution < 1.29 is 27.6 Å². The highest BCUT2D eigenvalue weighted by Crippen LogP contribution is 2.29. The fourth-order valence-corrected chi connectivity index (χ4v) is 3.99. The molecular formula is C23H20N6O7. The highest BCUT2D eigenvalue weighted by molar-refractivity contribution is 6.03. The van der Waals surface area contributed by atoms with Gasteiger partial charge in [-0.1, -0.05) is 0 Å². The average molecular weight is 492 g/mol. The molecule has 13 heteroatoms. The molecule has 0 spiro atoms. The molecule has 0 aliphatic carbocycles. The van der Waals surface area contributed by atoms with Crippen LogP contribution in [0.1, 0.15) is 21.8 Å². The van der Waals surface area contributed by atoms with E-state index in [0.29, 0.717) is 37.8 Å². The van der Waals surface area contributed by atoms with Gasteiger partial charge in [0, 0.05) is 33.2 Å². The van der Waals surface area contributed by atoms with Gasteiger partial charge in [-0.15, -0.1) is 0 Å². The van der Waals surface area contributed by atoms with Crippen LogP contribution in [0.15, 0.2) is 42.8 Å². The van der Waals surface area contributed by atoms with E-state index in [1.54, 1.807) is 17.0 Å². The van der Waals surface area contributed by atoms with Crippen molar-refractivity contribution in [2.45, 2.75) is 6.92 Å². The highest BCUT2D eigenvalue weighted by atomic mass is 16.5. The molecule has 1 fully saturated rings. The molecule has 0 bridgehead atoms. The summed E-state index contributed by atoms with van der Waals surface area (Å²) in [5, 5.41) is 9.46. The summed E-state index contributed by atoms with van der Waals surface area (Å²) >= 11 is 0. The van der Waals surface area contributed by atoms with E-state index in [2.05, 4.69) is 9.97 Å². The summed E-state index contributed by atoms with van der Waals surface area (Å²) in [6, 6.07) is 5.39. The maximum Gasteiger partial charge on any atom is 0.343 e. The zero-order valence-corrected chi connectivity index (χ0v) is 19.4. The molecule has 1 amide bonds. The van der Waals surface area contributed by atoms with Crippen molar-refractivity contribution in [1.82, 2.24) is 19.4 Å². The number of anilines is 1. The number of amides is 1. The predicted molar refractivity (Wildman–Crippen MR) is 122 cm³/mol. The Bertz CT molecular complexity index is 1550. The van der Waals surface area contributed by atoms with Crippen LogP contribution in [-0.2, 0) is 16.6 Å². The molecule has 4 aromatic heterocycles. The van der Waals surface area contributed by atoms with Gasteiger partial charge in [0.25, 0.3) is 17.4 Å². The summed E-state index contributed by atoms with van der Waals surface area (Å²) in [7, 11) is 1.51. The number of fused-ring (bicyclic) bond motifs is 1. The van der Waals surface area contributed by atoms with Gasteiger partial charge in [0.15, 0.2) is 12.4 Å². The Morgan fingerprint density at radius 2 is 2.00 bits per heavy atom. The topological polar surface area (TPSA) is 161 Å². The monoisotopic (exact) mass is 492 g/mol. The molecule has 0 unspecified atom stereocenters. The largest absolute Gasteiger partial charge is 0.459 e. The number of hydrogen-bond donors (Lipinski definition) is 0. The van der Waals surface area contributed by atoms with Crippen molar-refractivity contribution in [3.63, 3.8) is 0 Å². The first-order valence-corrected chi connectivity index (χ1v) is 11.0. The number of carbonyl (C=O) groups is 2. The number of carbonyl (C=O) groups excluding carboxylic acids is 2. The van der Waals surface area contributed by atoms with Crippen molar-refractivity contribution >= 4 is 28.9 Å². The lowest BCUT2D eigenvalue weighted by atomic mass is 10.2. The fraction of sp³-hybridized carbons (Fsp3) is 0.304. The van der Waals surface area contributed by atoms with Gasteiger partial charge in [-0.05, 0) is 19.1 Å². The van der Waals surface area contributed by atoms with Gasteiger partial charge in [-0.25, -0.2) is 9.78 Å². The van der Waals surface area contributed by atoms with Crippen LogP contribution in [0.25, 0.3) is 22.8 Å². The summed E-state index contributed by atoms with van der Waals surface area (Å²) in [6.45, 7) is 2.42. The first-order chi connectivity index (χ1) is 17.4.